The Bertz CT molecular complexity index is 485. The molecule has 1 aliphatic carbocycles. The highest BCUT2D eigenvalue weighted by Crippen LogP contribution is 2.51. The molecule has 1 aromatic carbocycles. The van der Waals surface area contributed by atoms with Crippen molar-refractivity contribution in [3.05, 3.63) is 29.8 Å². The number of carbonyl (C=O) groups is 1. The summed E-state index contributed by atoms with van der Waals surface area (Å²) in [6, 6.07) is 8.93. The third-order valence-corrected chi connectivity index (χ3v) is 4.69. The summed E-state index contributed by atoms with van der Waals surface area (Å²) in [6.45, 7) is 2.69. The number of rotatable bonds is 2. The van der Waals surface area contributed by atoms with E-state index in [0.717, 1.165) is 0 Å². The van der Waals surface area contributed by atoms with Crippen LogP contribution in [0.4, 0.5) is 5.69 Å². The first-order chi connectivity index (χ1) is 8.63. The lowest BCUT2D eigenvalue weighted by Crippen LogP contribution is -2.48. The lowest BCUT2D eigenvalue weighted by atomic mass is 9.69. The molecule has 1 aromatic rings. The molecule has 0 aromatic heterocycles. The Kier molecular flexibility index (Phi) is 2.58. The molecule has 1 fully saturated rings. The van der Waals surface area contributed by atoms with Gasteiger partial charge in [0, 0.05) is 17.1 Å². The van der Waals surface area contributed by atoms with Gasteiger partial charge in [-0.3, -0.25) is 4.79 Å². The maximum atomic E-state index is 11.3. The zero-order valence-corrected chi connectivity index (χ0v) is 10.9. The SMILES string of the molecule is C[C@@]12CCCC[C@H]1N(CC(N)=O)c1ccccc12. The van der Waals surface area contributed by atoms with Crippen LogP contribution in [0, 0.1) is 0 Å². The number of amides is 1. The number of primary amides is 1. The van der Waals surface area contributed by atoms with E-state index < -0.39 is 0 Å². The van der Waals surface area contributed by atoms with Crippen molar-refractivity contribution < 1.29 is 4.79 Å². The van der Waals surface area contributed by atoms with E-state index in [1.54, 1.807) is 0 Å². The predicted molar refractivity (Wildman–Crippen MR) is 72.6 cm³/mol. The van der Waals surface area contributed by atoms with Crippen molar-refractivity contribution in [2.24, 2.45) is 5.73 Å². The van der Waals surface area contributed by atoms with Gasteiger partial charge in [-0.25, -0.2) is 0 Å². The summed E-state index contributed by atoms with van der Waals surface area (Å²) < 4.78 is 0. The number of carbonyl (C=O) groups excluding carboxylic acids is 1. The molecular weight excluding hydrogens is 224 g/mol. The second-order valence-electron chi connectivity index (χ2n) is 5.79. The molecule has 0 saturated heterocycles. The van der Waals surface area contributed by atoms with E-state index in [0.29, 0.717) is 12.6 Å². The second kappa shape index (κ2) is 4.01. The molecular formula is C15H20N2O. The van der Waals surface area contributed by atoms with Gasteiger partial charge in [-0.2, -0.15) is 0 Å². The summed E-state index contributed by atoms with van der Waals surface area (Å²) in [5.74, 6) is -0.236. The molecule has 3 rings (SSSR count). The molecule has 2 atom stereocenters. The lowest BCUT2D eigenvalue weighted by Gasteiger charge is -2.40. The molecule has 0 radical (unpaired) electrons. The summed E-state index contributed by atoms with van der Waals surface area (Å²) >= 11 is 0. The number of nitrogens with two attached hydrogens (primary N) is 1. The molecule has 96 valence electrons. The van der Waals surface area contributed by atoms with Crippen molar-refractivity contribution in [2.75, 3.05) is 11.4 Å². The predicted octanol–water partition coefficient (Wildman–Crippen LogP) is 2.19. The van der Waals surface area contributed by atoms with Gasteiger partial charge in [0.05, 0.1) is 6.54 Å². The van der Waals surface area contributed by atoms with Crippen LogP contribution in [0.1, 0.15) is 38.2 Å². The van der Waals surface area contributed by atoms with Crippen LogP contribution in [-0.4, -0.2) is 18.5 Å². The van der Waals surface area contributed by atoms with Crippen molar-refractivity contribution in [1.82, 2.24) is 0 Å². The van der Waals surface area contributed by atoms with Gasteiger partial charge in [-0.1, -0.05) is 38.0 Å². The molecule has 1 heterocycles. The third kappa shape index (κ3) is 1.53. The number of fused-ring (bicyclic) bond motifs is 3. The first kappa shape index (κ1) is 11.6. The molecule has 1 aliphatic heterocycles. The fourth-order valence-corrected chi connectivity index (χ4v) is 3.87. The lowest BCUT2D eigenvalue weighted by molar-refractivity contribution is -0.116. The monoisotopic (exact) mass is 244 g/mol. The summed E-state index contributed by atoms with van der Waals surface area (Å²) in [4.78, 5) is 13.6. The zero-order valence-electron chi connectivity index (χ0n) is 10.9. The Labute approximate surface area is 108 Å². The molecule has 2 aliphatic rings. The van der Waals surface area contributed by atoms with Gasteiger partial charge in [-0.05, 0) is 24.5 Å². The van der Waals surface area contributed by atoms with Gasteiger partial charge in [-0.15, -0.1) is 0 Å². The molecule has 1 amide bonds. The fourth-order valence-electron chi connectivity index (χ4n) is 3.87. The number of benzene rings is 1. The van der Waals surface area contributed by atoms with E-state index in [9.17, 15) is 4.79 Å². The largest absolute Gasteiger partial charge is 0.368 e. The van der Waals surface area contributed by atoms with Crippen molar-refractivity contribution in [1.29, 1.82) is 0 Å². The molecule has 2 N–H and O–H groups in total. The van der Waals surface area contributed by atoms with E-state index in [1.165, 1.54) is 36.9 Å². The average molecular weight is 244 g/mol. The van der Waals surface area contributed by atoms with Crippen LogP contribution < -0.4 is 10.6 Å². The van der Waals surface area contributed by atoms with Gasteiger partial charge < -0.3 is 10.6 Å². The van der Waals surface area contributed by atoms with Gasteiger partial charge in [0.15, 0.2) is 0 Å². The molecule has 0 bridgehead atoms. The number of hydrogen-bond donors (Lipinski definition) is 1. The maximum Gasteiger partial charge on any atom is 0.236 e. The molecule has 18 heavy (non-hydrogen) atoms. The van der Waals surface area contributed by atoms with Gasteiger partial charge >= 0.3 is 0 Å². The van der Waals surface area contributed by atoms with Crippen molar-refractivity contribution in [3.8, 4) is 0 Å². The minimum Gasteiger partial charge on any atom is -0.368 e. The molecule has 0 unspecified atom stereocenters. The normalized spacial score (nSPS) is 29.8. The second-order valence-corrected chi connectivity index (χ2v) is 5.79. The van der Waals surface area contributed by atoms with Crippen LogP contribution in [0.3, 0.4) is 0 Å². The van der Waals surface area contributed by atoms with Crippen molar-refractivity contribution >= 4 is 11.6 Å². The quantitative estimate of drug-likeness (QED) is 0.867. The molecule has 3 heteroatoms. The Morgan fingerprint density at radius 2 is 2.22 bits per heavy atom. The van der Waals surface area contributed by atoms with E-state index in [-0.39, 0.29) is 11.3 Å². The zero-order chi connectivity index (χ0) is 12.8. The fraction of sp³-hybridized carbons (Fsp3) is 0.533. The number of anilines is 1. The van der Waals surface area contributed by atoms with Crippen LogP contribution in [0.2, 0.25) is 0 Å². The number of para-hydroxylation sites is 1. The Morgan fingerprint density at radius 1 is 1.44 bits per heavy atom. The van der Waals surface area contributed by atoms with Crippen LogP contribution in [0.25, 0.3) is 0 Å². The van der Waals surface area contributed by atoms with Crippen LogP contribution >= 0.6 is 0 Å². The summed E-state index contributed by atoms with van der Waals surface area (Å²) in [6.07, 6.45) is 4.91. The third-order valence-electron chi connectivity index (χ3n) is 4.69. The summed E-state index contributed by atoms with van der Waals surface area (Å²) in [7, 11) is 0. The molecule has 1 saturated carbocycles. The van der Waals surface area contributed by atoms with Gasteiger partial charge in [0.2, 0.25) is 5.91 Å². The first-order valence-corrected chi connectivity index (χ1v) is 6.77. The van der Waals surface area contributed by atoms with Gasteiger partial charge in [0.25, 0.3) is 0 Å². The van der Waals surface area contributed by atoms with Crippen molar-refractivity contribution in [3.63, 3.8) is 0 Å². The number of nitrogens with zero attached hydrogens (tertiary/aromatic N) is 1. The van der Waals surface area contributed by atoms with Crippen LogP contribution in [0.5, 0.6) is 0 Å². The van der Waals surface area contributed by atoms with Crippen molar-refractivity contribution in [2.45, 2.75) is 44.1 Å². The minimum atomic E-state index is -0.236. The van der Waals surface area contributed by atoms with E-state index >= 15 is 0 Å². The topological polar surface area (TPSA) is 46.3 Å². The number of hydrogen-bond acceptors (Lipinski definition) is 2. The highest BCUT2D eigenvalue weighted by molar-refractivity contribution is 5.81. The Morgan fingerprint density at radius 3 is 3.00 bits per heavy atom. The van der Waals surface area contributed by atoms with Crippen LogP contribution in [-0.2, 0) is 10.2 Å². The Hall–Kier alpha value is -1.51. The first-order valence-electron chi connectivity index (χ1n) is 6.77. The summed E-state index contributed by atoms with van der Waals surface area (Å²) in [5.41, 5.74) is 8.23. The van der Waals surface area contributed by atoms with E-state index in [2.05, 4.69) is 30.0 Å². The highest BCUT2D eigenvalue weighted by atomic mass is 16.1. The summed E-state index contributed by atoms with van der Waals surface area (Å²) in [5, 5.41) is 0. The highest BCUT2D eigenvalue weighted by Gasteiger charge is 2.48. The minimum absolute atomic E-state index is 0.199. The van der Waals surface area contributed by atoms with Gasteiger partial charge in [0.1, 0.15) is 0 Å². The standard InChI is InChI=1S/C15H20N2O/c1-15-9-5-4-8-13(15)17(10-14(16)18)12-7-3-2-6-11(12)15/h2-3,6-7,13H,4-5,8-10H2,1H3,(H2,16,18)/t13-,15+/m1/s1. The molecule has 0 spiro atoms. The van der Waals surface area contributed by atoms with Crippen LogP contribution in [0.15, 0.2) is 24.3 Å². The van der Waals surface area contributed by atoms with E-state index in [4.69, 9.17) is 5.73 Å². The smallest absolute Gasteiger partial charge is 0.236 e. The molecule has 3 nitrogen and oxygen atoms in total. The maximum absolute atomic E-state index is 11.3. The Balaban J connectivity index is 2.08. The average Bonchev–Trinajstić information content (AvgIpc) is 2.60. The van der Waals surface area contributed by atoms with E-state index in [1.807, 2.05) is 6.07 Å².